The number of nitrogens with zero attached hydrogens (tertiary/aromatic N) is 1. The van der Waals surface area contributed by atoms with Gasteiger partial charge in [0.05, 0.1) is 0 Å². The van der Waals surface area contributed by atoms with Crippen molar-refractivity contribution in [3.05, 3.63) is 0 Å². The highest BCUT2D eigenvalue weighted by atomic mass is 32.2. The topological polar surface area (TPSA) is 15.3 Å². The van der Waals surface area contributed by atoms with Crippen molar-refractivity contribution in [3.8, 4) is 0 Å². The second-order valence-electron chi connectivity index (χ2n) is 4.78. The molecule has 1 aliphatic heterocycles. The molecule has 1 heterocycles. The first kappa shape index (κ1) is 13.3. The van der Waals surface area contributed by atoms with Crippen LogP contribution in [0, 0.1) is 11.8 Å². The summed E-state index contributed by atoms with van der Waals surface area (Å²) < 4.78 is 0. The lowest BCUT2D eigenvalue weighted by Gasteiger charge is -2.20. The van der Waals surface area contributed by atoms with Crippen LogP contribution in [-0.2, 0) is 0 Å². The monoisotopic (exact) mass is 230 g/mol. The first-order valence-corrected chi connectivity index (χ1v) is 7.57. The van der Waals surface area contributed by atoms with E-state index in [4.69, 9.17) is 0 Å². The van der Waals surface area contributed by atoms with E-state index in [9.17, 15) is 0 Å². The molecule has 0 aromatic carbocycles. The third kappa shape index (κ3) is 5.23. The lowest BCUT2D eigenvalue weighted by Crippen LogP contribution is -2.29. The molecule has 0 bridgehead atoms. The summed E-state index contributed by atoms with van der Waals surface area (Å²) in [6, 6.07) is 0. The van der Waals surface area contributed by atoms with Crippen LogP contribution in [0.15, 0.2) is 0 Å². The third-order valence-corrected chi connectivity index (χ3v) is 3.98. The number of rotatable bonds is 7. The van der Waals surface area contributed by atoms with Crippen molar-refractivity contribution in [1.82, 2.24) is 10.2 Å². The van der Waals surface area contributed by atoms with Gasteiger partial charge in [-0.1, -0.05) is 13.8 Å². The Hall–Kier alpha value is 0.270. The van der Waals surface area contributed by atoms with Crippen molar-refractivity contribution in [2.45, 2.75) is 20.3 Å². The lowest BCUT2D eigenvalue weighted by molar-refractivity contribution is 0.288. The normalized spacial score (nSPS) is 24.6. The molecule has 90 valence electrons. The fourth-order valence-electron chi connectivity index (χ4n) is 2.37. The van der Waals surface area contributed by atoms with Gasteiger partial charge in [-0.25, -0.2) is 0 Å². The molecule has 0 aromatic rings. The summed E-state index contributed by atoms with van der Waals surface area (Å²) in [5.41, 5.74) is 0. The number of hydrogen-bond acceptors (Lipinski definition) is 3. The smallest absolute Gasteiger partial charge is 0.00224 e. The van der Waals surface area contributed by atoms with Crippen molar-refractivity contribution < 1.29 is 0 Å². The summed E-state index contributed by atoms with van der Waals surface area (Å²) in [4.78, 5) is 2.64. The molecule has 3 heteroatoms. The van der Waals surface area contributed by atoms with E-state index in [-0.39, 0.29) is 0 Å². The Kier molecular flexibility index (Phi) is 6.69. The molecular formula is C12H26N2S. The maximum atomic E-state index is 3.46. The highest BCUT2D eigenvalue weighted by molar-refractivity contribution is 7.98. The molecule has 0 spiro atoms. The van der Waals surface area contributed by atoms with Gasteiger partial charge in [0.2, 0.25) is 0 Å². The van der Waals surface area contributed by atoms with Gasteiger partial charge >= 0.3 is 0 Å². The zero-order valence-electron chi connectivity index (χ0n) is 10.5. The lowest BCUT2D eigenvalue weighted by atomic mass is 10.1. The van der Waals surface area contributed by atoms with Crippen molar-refractivity contribution in [3.63, 3.8) is 0 Å². The average molecular weight is 230 g/mol. The maximum Gasteiger partial charge on any atom is 0.00224 e. The number of likely N-dealkylation sites (tertiary alicyclic amines) is 1. The summed E-state index contributed by atoms with van der Waals surface area (Å²) >= 11 is 1.97. The van der Waals surface area contributed by atoms with E-state index in [1.54, 1.807) is 0 Å². The van der Waals surface area contributed by atoms with Crippen LogP contribution in [0.2, 0.25) is 0 Å². The van der Waals surface area contributed by atoms with Crippen molar-refractivity contribution >= 4 is 11.8 Å². The van der Waals surface area contributed by atoms with E-state index in [1.165, 1.54) is 38.4 Å². The summed E-state index contributed by atoms with van der Waals surface area (Å²) in [6.07, 6.45) is 3.59. The van der Waals surface area contributed by atoms with Gasteiger partial charge in [-0.15, -0.1) is 0 Å². The summed E-state index contributed by atoms with van der Waals surface area (Å²) in [7, 11) is 0. The number of thioether (sulfide) groups is 1. The molecule has 1 N–H and O–H groups in total. The predicted octanol–water partition coefficient (Wildman–Crippen LogP) is 1.92. The van der Waals surface area contributed by atoms with E-state index in [0.717, 1.165) is 18.4 Å². The fourth-order valence-corrected chi connectivity index (χ4v) is 3.05. The highest BCUT2D eigenvalue weighted by Gasteiger charge is 2.22. The van der Waals surface area contributed by atoms with Gasteiger partial charge in [-0.05, 0) is 49.9 Å². The molecule has 0 aliphatic carbocycles. The summed E-state index contributed by atoms with van der Waals surface area (Å²) in [5, 5.41) is 3.46. The molecule has 1 fully saturated rings. The Labute approximate surface area is 99.2 Å². The zero-order chi connectivity index (χ0) is 11.1. The minimum absolute atomic E-state index is 0.845. The van der Waals surface area contributed by atoms with Crippen molar-refractivity contribution in [2.75, 3.05) is 44.7 Å². The van der Waals surface area contributed by atoms with E-state index in [0.29, 0.717) is 0 Å². The van der Waals surface area contributed by atoms with Crippen LogP contribution in [0.25, 0.3) is 0 Å². The first-order chi connectivity index (χ1) is 7.26. The maximum absolute atomic E-state index is 3.46. The summed E-state index contributed by atoms with van der Waals surface area (Å²) in [5.74, 6) is 3.04. The van der Waals surface area contributed by atoms with Crippen LogP contribution in [0.3, 0.4) is 0 Å². The standard InChI is InChI=1S/C12H26N2S/c1-4-13-7-12-5-6-14(9-12)8-11(2)10-15-3/h11-13H,4-10H2,1-3H3. The average Bonchev–Trinajstić information content (AvgIpc) is 2.63. The van der Waals surface area contributed by atoms with Gasteiger partial charge < -0.3 is 10.2 Å². The van der Waals surface area contributed by atoms with Gasteiger partial charge in [0, 0.05) is 13.1 Å². The van der Waals surface area contributed by atoms with Gasteiger partial charge in [0.1, 0.15) is 0 Å². The van der Waals surface area contributed by atoms with E-state index in [2.05, 4.69) is 30.3 Å². The molecule has 0 aromatic heterocycles. The Morgan fingerprint density at radius 3 is 3.00 bits per heavy atom. The molecule has 2 atom stereocenters. The van der Waals surface area contributed by atoms with Gasteiger partial charge in [0.25, 0.3) is 0 Å². The Balaban J connectivity index is 2.12. The van der Waals surface area contributed by atoms with E-state index < -0.39 is 0 Å². The van der Waals surface area contributed by atoms with Crippen LogP contribution in [-0.4, -0.2) is 49.6 Å². The minimum Gasteiger partial charge on any atom is -0.317 e. The second-order valence-corrected chi connectivity index (χ2v) is 5.69. The molecule has 2 nitrogen and oxygen atoms in total. The molecule has 1 aliphatic rings. The molecule has 0 amide bonds. The Morgan fingerprint density at radius 2 is 2.33 bits per heavy atom. The van der Waals surface area contributed by atoms with Crippen LogP contribution in [0.4, 0.5) is 0 Å². The molecule has 0 radical (unpaired) electrons. The largest absolute Gasteiger partial charge is 0.317 e. The zero-order valence-corrected chi connectivity index (χ0v) is 11.3. The van der Waals surface area contributed by atoms with E-state index in [1.807, 2.05) is 11.8 Å². The predicted molar refractivity (Wildman–Crippen MR) is 70.6 cm³/mol. The molecule has 1 saturated heterocycles. The molecule has 0 saturated carbocycles. The quantitative estimate of drug-likeness (QED) is 0.719. The van der Waals surface area contributed by atoms with Gasteiger partial charge in [-0.3, -0.25) is 0 Å². The number of hydrogen-bond donors (Lipinski definition) is 1. The molecular weight excluding hydrogens is 204 g/mol. The molecule has 1 rings (SSSR count). The van der Waals surface area contributed by atoms with Crippen molar-refractivity contribution in [2.24, 2.45) is 11.8 Å². The summed E-state index contributed by atoms with van der Waals surface area (Å²) in [6.45, 7) is 10.8. The number of nitrogens with one attached hydrogen (secondary N) is 1. The van der Waals surface area contributed by atoms with Gasteiger partial charge in [-0.2, -0.15) is 11.8 Å². The SMILES string of the molecule is CCNCC1CCN(CC(C)CSC)C1. The van der Waals surface area contributed by atoms with Crippen LogP contribution in [0.5, 0.6) is 0 Å². The molecule has 15 heavy (non-hydrogen) atoms. The third-order valence-electron chi connectivity index (χ3n) is 3.07. The minimum atomic E-state index is 0.845. The first-order valence-electron chi connectivity index (χ1n) is 6.18. The van der Waals surface area contributed by atoms with Crippen molar-refractivity contribution in [1.29, 1.82) is 0 Å². The van der Waals surface area contributed by atoms with E-state index >= 15 is 0 Å². The van der Waals surface area contributed by atoms with Crippen LogP contribution < -0.4 is 5.32 Å². The Bertz CT molecular complexity index is 164. The van der Waals surface area contributed by atoms with Crippen LogP contribution >= 0.6 is 11.8 Å². The van der Waals surface area contributed by atoms with Gasteiger partial charge in [0.15, 0.2) is 0 Å². The highest BCUT2D eigenvalue weighted by Crippen LogP contribution is 2.17. The Morgan fingerprint density at radius 1 is 1.53 bits per heavy atom. The second kappa shape index (κ2) is 7.53. The fraction of sp³-hybridized carbons (Fsp3) is 1.00. The molecule has 2 unspecified atom stereocenters. The van der Waals surface area contributed by atoms with Crippen LogP contribution in [0.1, 0.15) is 20.3 Å².